The molecule has 0 unspecified atom stereocenters. The topological polar surface area (TPSA) is 101 Å². The number of hydrogen-bond acceptors (Lipinski definition) is 4. The molecule has 1 rings (SSSR count). The summed E-state index contributed by atoms with van der Waals surface area (Å²) in [6.45, 7) is 2.49. The molecule has 8 heteroatoms. The lowest BCUT2D eigenvalue weighted by Gasteiger charge is -2.06. The number of nitrogens with zero attached hydrogens (tertiary/aromatic N) is 1. The number of rotatable bonds is 6. The number of carbonyl (C=O) groups is 2. The van der Waals surface area contributed by atoms with Gasteiger partial charge in [0.05, 0.1) is 15.5 Å². The number of nitro groups is 1. The predicted molar refractivity (Wildman–Crippen MR) is 73.7 cm³/mol. The summed E-state index contributed by atoms with van der Waals surface area (Å²) in [5.41, 5.74) is -0.0537. The standard InChI is InChI=1S/C12H14ClN3O4/c1-2-14-11(17)5-6-15-12(18)9-4-3-8(16(19)20)7-10(9)13/h3-4,7H,2,5-6H2,1H3,(H,14,17)(H,15,18). The van der Waals surface area contributed by atoms with E-state index in [1.807, 2.05) is 0 Å². The van der Waals surface area contributed by atoms with Gasteiger partial charge < -0.3 is 10.6 Å². The number of amides is 2. The molecule has 0 aromatic heterocycles. The highest BCUT2D eigenvalue weighted by molar-refractivity contribution is 6.34. The van der Waals surface area contributed by atoms with Crippen molar-refractivity contribution in [2.75, 3.05) is 13.1 Å². The number of halogens is 1. The van der Waals surface area contributed by atoms with Gasteiger partial charge in [0.15, 0.2) is 0 Å². The molecule has 0 aliphatic carbocycles. The Labute approximate surface area is 120 Å². The molecule has 1 aromatic carbocycles. The molecule has 0 heterocycles. The average molecular weight is 300 g/mol. The lowest BCUT2D eigenvalue weighted by molar-refractivity contribution is -0.384. The maximum atomic E-state index is 11.8. The Morgan fingerprint density at radius 3 is 2.60 bits per heavy atom. The molecular formula is C12H14ClN3O4. The maximum Gasteiger partial charge on any atom is 0.270 e. The molecule has 20 heavy (non-hydrogen) atoms. The van der Waals surface area contributed by atoms with Gasteiger partial charge in [0.25, 0.3) is 11.6 Å². The molecular weight excluding hydrogens is 286 g/mol. The third-order valence-electron chi connectivity index (χ3n) is 2.42. The Bertz CT molecular complexity index is 533. The highest BCUT2D eigenvalue weighted by Gasteiger charge is 2.14. The Morgan fingerprint density at radius 2 is 2.05 bits per heavy atom. The summed E-state index contributed by atoms with van der Waals surface area (Å²) in [4.78, 5) is 32.9. The van der Waals surface area contributed by atoms with Crippen LogP contribution in [-0.4, -0.2) is 29.8 Å². The molecule has 2 amide bonds. The van der Waals surface area contributed by atoms with Gasteiger partial charge in [-0.3, -0.25) is 19.7 Å². The molecule has 2 N–H and O–H groups in total. The fraction of sp³-hybridized carbons (Fsp3) is 0.333. The molecule has 0 atom stereocenters. The van der Waals surface area contributed by atoms with Crippen LogP contribution in [0.5, 0.6) is 0 Å². The molecule has 7 nitrogen and oxygen atoms in total. The van der Waals surface area contributed by atoms with Gasteiger partial charge in [-0.2, -0.15) is 0 Å². The van der Waals surface area contributed by atoms with Gasteiger partial charge >= 0.3 is 0 Å². The van der Waals surface area contributed by atoms with Crippen LogP contribution in [0, 0.1) is 10.1 Å². The molecule has 0 saturated carbocycles. The summed E-state index contributed by atoms with van der Waals surface area (Å²) in [5, 5.41) is 15.7. The lowest BCUT2D eigenvalue weighted by atomic mass is 10.2. The predicted octanol–water partition coefficient (Wildman–Crippen LogP) is 1.50. The van der Waals surface area contributed by atoms with E-state index in [0.29, 0.717) is 6.54 Å². The van der Waals surface area contributed by atoms with Gasteiger partial charge in [0.2, 0.25) is 5.91 Å². The quantitative estimate of drug-likeness (QED) is 0.614. The molecule has 0 spiro atoms. The molecule has 0 aliphatic heterocycles. The van der Waals surface area contributed by atoms with Gasteiger partial charge in [-0.15, -0.1) is 0 Å². The number of benzene rings is 1. The van der Waals surface area contributed by atoms with Crippen molar-refractivity contribution in [3.63, 3.8) is 0 Å². The zero-order chi connectivity index (χ0) is 15.1. The van der Waals surface area contributed by atoms with Crippen molar-refractivity contribution in [2.45, 2.75) is 13.3 Å². The van der Waals surface area contributed by atoms with Crippen molar-refractivity contribution in [2.24, 2.45) is 0 Å². The van der Waals surface area contributed by atoms with Crippen molar-refractivity contribution in [3.8, 4) is 0 Å². The van der Waals surface area contributed by atoms with Crippen LogP contribution in [0.25, 0.3) is 0 Å². The van der Waals surface area contributed by atoms with Gasteiger partial charge in [-0.25, -0.2) is 0 Å². The minimum absolute atomic E-state index is 0.00490. The summed E-state index contributed by atoms with van der Waals surface area (Å²) < 4.78 is 0. The smallest absolute Gasteiger partial charge is 0.270 e. The lowest BCUT2D eigenvalue weighted by Crippen LogP contribution is -2.30. The fourth-order valence-corrected chi connectivity index (χ4v) is 1.73. The van der Waals surface area contributed by atoms with Crippen LogP contribution in [-0.2, 0) is 4.79 Å². The van der Waals surface area contributed by atoms with Gasteiger partial charge in [0, 0.05) is 31.6 Å². The SMILES string of the molecule is CCNC(=O)CCNC(=O)c1ccc([N+](=O)[O-])cc1Cl. The number of nitro benzene ring substituents is 1. The van der Waals surface area contributed by atoms with Crippen molar-refractivity contribution < 1.29 is 14.5 Å². The van der Waals surface area contributed by atoms with Crippen molar-refractivity contribution in [3.05, 3.63) is 38.9 Å². The van der Waals surface area contributed by atoms with Gasteiger partial charge in [-0.05, 0) is 13.0 Å². The second kappa shape index (κ2) is 7.44. The number of carbonyl (C=O) groups excluding carboxylic acids is 2. The van der Waals surface area contributed by atoms with E-state index >= 15 is 0 Å². The number of non-ortho nitro benzene ring substituents is 1. The largest absolute Gasteiger partial charge is 0.356 e. The highest BCUT2D eigenvalue weighted by Crippen LogP contribution is 2.22. The van der Waals surface area contributed by atoms with E-state index in [9.17, 15) is 19.7 Å². The van der Waals surface area contributed by atoms with Crippen molar-refractivity contribution in [1.82, 2.24) is 10.6 Å². The zero-order valence-corrected chi connectivity index (χ0v) is 11.6. The van der Waals surface area contributed by atoms with E-state index in [2.05, 4.69) is 10.6 Å². The summed E-state index contributed by atoms with van der Waals surface area (Å²) in [6.07, 6.45) is 0.157. The fourth-order valence-electron chi connectivity index (χ4n) is 1.47. The normalized spacial score (nSPS) is 9.90. The summed E-state index contributed by atoms with van der Waals surface area (Å²) in [5.74, 6) is -0.642. The van der Waals surface area contributed by atoms with Crippen LogP contribution in [0.1, 0.15) is 23.7 Å². The Morgan fingerprint density at radius 1 is 1.35 bits per heavy atom. The third kappa shape index (κ3) is 4.51. The van der Waals surface area contributed by atoms with E-state index in [1.54, 1.807) is 6.92 Å². The summed E-state index contributed by atoms with van der Waals surface area (Å²) in [6, 6.07) is 3.59. The minimum Gasteiger partial charge on any atom is -0.356 e. The Kier molecular flexibility index (Phi) is 5.92. The van der Waals surface area contributed by atoms with E-state index in [-0.39, 0.29) is 35.1 Å². The zero-order valence-electron chi connectivity index (χ0n) is 10.8. The van der Waals surface area contributed by atoms with E-state index in [1.165, 1.54) is 12.1 Å². The van der Waals surface area contributed by atoms with Crippen LogP contribution in [0.15, 0.2) is 18.2 Å². The third-order valence-corrected chi connectivity index (χ3v) is 2.73. The van der Waals surface area contributed by atoms with Gasteiger partial charge in [0.1, 0.15) is 0 Å². The van der Waals surface area contributed by atoms with Gasteiger partial charge in [-0.1, -0.05) is 11.6 Å². The van der Waals surface area contributed by atoms with E-state index in [4.69, 9.17) is 11.6 Å². The van der Waals surface area contributed by atoms with Crippen LogP contribution in [0.2, 0.25) is 5.02 Å². The minimum atomic E-state index is -0.595. The number of hydrogen-bond donors (Lipinski definition) is 2. The first kappa shape index (κ1) is 15.9. The molecule has 108 valence electrons. The summed E-state index contributed by atoms with van der Waals surface area (Å²) >= 11 is 5.81. The first-order valence-electron chi connectivity index (χ1n) is 5.94. The highest BCUT2D eigenvalue weighted by atomic mass is 35.5. The number of nitrogens with one attached hydrogen (secondary N) is 2. The monoisotopic (exact) mass is 299 g/mol. The average Bonchev–Trinajstić information content (AvgIpc) is 2.38. The Balaban J connectivity index is 2.60. The molecule has 1 aromatic rings. The van der Waals surface area contributed by atoms with Crippen molar-refractivity contribution >= 4 is 29.1 Å². The molecule has 0 aliphatic rings. The molecule has 0 fully saturated rings. The molecule has 0 bridgehead atoms. The second-order valence-corrected chi connectivity index (χ2v) is 4.29. The second-order valence-electron chi connectivity index (χ2n) is 3.88. The first-order chi connectivity index (χ1) is 9.45. The van der Waals surface area contributed by atoms with Crippen LogP contribution in [0.4, 0.5) is 5.69 Å². The summed E-state index contributed by atoms with van der Waals surface area (Å²) in [7, 11) is 0. The van der Waals surface area contributed by atoms with Crippen molar-refractivity contribution in [1.29, 1.82) is 0 Å². The van der Waals surface area contributed by atoms with Crippen LogP contribution in [0.3, 0.4) is 0 Å². The molecule has 0 saturated heterocycles. The Hall–Kier alpha value is -2.15. The van der Waals surface area contributed by atoms with Crippen LogP contribution < -0.4 is 10.6 Å². The maximum absolute atomic E-state index is 11.8. The van der Waals surface area contributed by atoms with E-state index < -0.39 is 10.8 Å². The van der Waals surface area contributed by atoms with Crippen LogP contribution >= 0.6 is 11.6 Å². The molecule has 0 radical (unpaired) electrons. The van der Waals surface area contributed by atoms with E-state index in [0.717, 1.165) is 6.07 Å². The first-order valence-corrected chi connectivity index (χ1v) is 6.32.